The Morgan fingerprint density at radius 1 is 1.40 bits per heavy atom. The Morgan fingerprint density at radius 3 is 2.87 bits per heavy atom. The highest BCUT2D eigenvalue weighted by Crippen LogP contribution is 2.35. The number of amides is 1. The summed E-state index contributed by atoms with van der Waals surface area (Å²) in [6.07, 6.45) is 0.122. The molecule has 80 valence electrons. The van der Waals surface area contributed by atoms with Crippen molar-refractivity contribution >= 4 is 5.91 Å². The summed E-state index contributed by atoms with van der Waals surface area (Å²) >= 11 is 0. The number of hydrogen-bond donors (Lipinski definition) is 1. The molecule has 1 amide bonds. The molecule has 1 aliphatic rings. The lowest BCUT2D eigenvalue weighted by molar-refractivity contribution is -0.119. The van der Waals surface area contributed by atoms with E-state index < -0.39 is 0 Å². The molecule has 0 bridgehead atoms. The Kier molecular flexibility index (Phi) is 2.49. The minimum absolute atomic E-state index is 0.0121. The lowest BCUT2D eigenvalue weighted by Crippen LogP contribution is -2.19. The quantitative estimate of drug-likeness (QED) is 0.789. The van der Waals surface area contributed by atoms with E-state index in [-0.39, 0.29) is 12.2 Å². The minimum atomic E-state index is -0.241. The van der Waals surface area contributed by atoms with Gasteiger partial charge in [-0.1, -0.05) is 6.07 Å². The van der Waals surface area contributed by atoms with Crippen LogP contribution in [0.5, 0.6) is 11.5 Å². The largest absolute Gasteiger partial charge is 0.451 e. The Bertz CT molecular complexity index is 389. The summed E-state index contributed by atoms with van der Waals surface area (Å²) in [7, 11) is 1.62. The van der Waals surface area contributed by atoms with Gasteiger partial charge >= 0.3 is 0 Å². The molecule has 1 aromatic rings. The van der Waals surface area contributed by atoms with E-state index in [0.29, 0.717) is 12.2 Å². The highest BCUT2D eigenvalue weighted by molar-refractivity contribution is 5.78. The van der Waals surface area contributed by atoms with Crippen LogP contribution in [0.1, 0.15) is 12.5 Å². The van der Waals surface area contributed by atoms with E-state index in [1.54, 1.807) is 7.05 Å². The maximum Gasteiger partial charge on any atom is 0.238 e. The van der Waals surface area contributed by atoms with E-state index in [4.69, 9.17) is 9.47 Å². The smallest absolute Gasteiger partial charge is 0.238 e. The van der Waals surface area contributed by atoms with Crippen LogP contribution in [-0.2, 0) is 11.2 Å². The van der Waals surface area contributed by atoms with E-state index in [1.807, 2.05) is 25.1 Å². The predicted molar refractivity (Wildman–Crippen MR) is 54.9 cm³/mol. The van der Waals surface area contributed by atoms with Crippen molar-refractivity contribution in [3.63, 3.8) is 0 Å². The van der Waals surface area contributed by atoms with E-state index in [2.05, 4.69) is 5.32 Å². The Labute approximate surface area is 88.2 Å². The number of carbonyl (C=O) groups excluding carboxylic acids is 1. The lowest BCUT2D eigenvalue weighted by Gasteiger charge is -2.01. The highest BCUT2D eigenvalue weighted by Gasteiger charge is 2.20. The summed E-state index contributed by atoms with van der Waals surface area (Å²) in [5.41, 5.74) is 0.922. The molecule has 2 rings (SSSR count). The maximum atomic E-state index is 11.2. The summed E-state index contributed by atoms with van der Waals surface area (Å²) < 4.78 is 10.8. The van der Waals surface area contributed by atoms with Crippen LogP contribution in [0.2, 0.25) is 0 Å². The Hall–Kier alpha value is -1.71. The molecule has 1 aliphatic heterocycles. The number of hydrogen-bond acceptors (Lipinski definition) is 3. The zero-order chi connectivity index (χ0) is 10.8. The summed E-state index contributed by atoms with van der Waals surface area (Å²) in [6.45, 7) is 1.83. The minimum Gasteiger partial charge on any atom is -0.451 e. The first-order valence-corrected chi connectivity index (χ1v) is 4.86. The number of benzene rings is 1. The van der Waals surface area contributed by atoms with Crippen molar-refractivity contribution in [3.05, 3.63) is 23.8 Å². The third kappa shape index (κ3) is 2.03. The first kappa shape index (κ1) is 9.83. The second kappa shape index (κ2) is 3.81. The summed E-state index contributed by atoms with van der Waals surface area (Å²) in [5, 5.41) is 2.58. The molecule has 0 saturated carbocycles. The van der Waals surface area contributed by atoms with Crippen LogP contribution in [0.15, 0.2) is 18.2 Å². The molecule has 0 saturated heterocycles. The van der Waals surface area contributed by atoms with Gasteiger partial charge in [-0.05, 0) is 17.7 Å². The maximum absolute atomic E-state index is 11.2. The van der Waals surface area contributed by atoms with Crippen molar-refractivity contribution in [2.45, 2.75) is 19.6 Å². The van der Waals surface area contributed by atoms with E-state index >= 15 is 0 Å². The molecule has 4 nitrogen and oxygen atoms in total. The number of nitrogens with one attached hydrogen (secondary N) is 1. The van der Waals surface area contributed by atoms with Crippen LogP contribution in [0, 0.1) is 0 Å². The topological polar surface area (TPSA) is 47.6 Å². The SMILES string of the molecule is CNC(=O)Cc1ccc2c(c1)OC(C)O2. The second-order valence-corrected chi connectivity index (χ2v) is 3.43. The van der Waals surface area contributed by atoms with Crippen molar-refractivity contribution in [1.29, 1.82) is 0 Å². The van der Waals surface area contributed by atoms with Crippen LogP contribution in [-0.4, -0.2) is 19.2 Å². The van der Waals surface area contributed by atoms with Gasteiger partial charge in [0.2, 0.25) is 12.2 Å². The molecule has 0 fully saturated rings. The van der Waals surface area contributed by atoms with Gasteiger partial charge in [-0.2, -0.15) is 0 Å². The molecule has 0 radical (unpaired) electrons. The molecule has 1 atom stereocenters. The number of fused-ring (bicyclic) bond motifs is 1. The predicted octanol–water partition coefficient (Wildman–Crippen LogP) is 1.09. The fourth-order valence-electron chi connectivity index (χ4n) is 1.51. The molecule has 1 heterocycles. The van der Waals surface area contributed by atoms with Crippen LogP contribution in [0.25, 0.3) is 0 Å². The Morgan fingerprint density at radius 2 is 2.13 bits per heavy atom. The molecule has 0 spiro atoms. The fourth-order valence-corrected chi connectivity index (χ4v) is 1.51. The molecule has 1 aromatic carbocycles. The van der Waals surface area contributed by atoms with Gasteiger partial charge in [0.1, 0.15) is 0 Å². The summed E-state index contributed by atoms with van der Waals surface area (Å²) in [6, 6.07) is 5.54. The van der Waals surface area contributed by atoms with Crippen molar-refractivity contribution in [2.75, 3.05) is 7.05 Å². The van der Waals surface area contributed by atoms with Crippen LogP contribution in [0.3, 0.4) is 0 Å². The fraction of sp³-hybridized carbons (Fsp3) is 0.364. The standard InChI is InChI=1S/C11H13NO3/c1-7-14-9-4-3-8(5-10(9)15-7)6-11(13)12-2/h3-5,7H,6H2,1-2H3,(H,12,13). The van der Waals surface area contributed by atoms with Crippen LogP contribution >= 0.6 is 0 Å². The average molecular weight is 207 g/mol. The number of ether oxygens (including phenoxy) is 2. The summed E-state index contributed by atoms with van der Waals surface area (Å²) in [5.74, 6) is 1.44. The number of likely N-dealkylation sites (N-methyl/N-ethyl adjacent to an activating group) is 1. The molecular weight excluding hydrogens is 194 g/mol. The van der Waals surface area contributed by atoms with Gasteiger partial charge in [0, 0.05) is 14.0 Å². The van der Waals surface area contributed by atoms with Gasteiger partial charge in [-0.3, -0.25) is 4.79 Å². The molecule has 1 unspecified atom stereocenters. The van der Waals surface area contributed by atoms with Crippen LogP contribution in [0.4, 0.5) is 0 Å². The zero-order valence-corrected chi connectivity index (χ0v) is 8.74. The molecule has 0 aromatic heterocycles. The molecular formula is C11H13NO3. The van der Waals surface area contributed by atoms with Gasteiger partial charge in [0.25, 0.3) is 0 Å². The third-order valence-electron chi connectivity index (χ3n) is 2.24. The monoisotopic (exact) mass is 207 g/mol. The van der Waals surface area contributed by atoms with E-state index in [9.17, 15) is 4.79 Å². The third-order valence-corrected chi connectivity index (χ3v) is 2.24. The van der Waals surface area contributed by atoms with Gasteiger partial charge < -0.3 is 14.8 Å². The van der Waals surface area contributed by atoms with Gasteiger partial charge in [0.15, 0.2) is 11.5 Å². The van der Waals surface area contributed by atoms with Crippen molar-refractivity contribution in [3.8, 4) is 11.5 Å². The van der Waals surface area contributed by atoms with Crippen molar-refractivity contribution < 1.29 is 14.3 Å². The summed E-state index contributed by atoms with van der Waals surface area (Å²) in [4.78, 5) is 11.2. The first-order chi connectivity index (χ1) is 7.19. The first-order valence-electron chi connectivity index (χ1n) is 4.86. The van der Waals surface area contributed by atoms with Crippen molar-refractivity contribution in [2.24, 2.45) is 0 Å². The number of carbonyl (C=O) groups is 1. The highest BCUT2D eigenvalue weighted by atomic mass is 16.7. The van der Waals surface area contributed by atoms with E-state index in [0.717, 1.165) is 11.3 Å². The number of rotatable bonds is 2. The molecule has 1 N–H and O–H groups in total. The normalized spacial score (nSPS) is 17.6. The molecule has 15 heavy (non-hydrogen) atoms. The molecule has 0 aliphatic carbocycles. The van der Waals surface area contributed by atoms with Gasteiger partial charge in [0.05, 0.1) is 6.42 Å². The average Bonchev–Trinajstić information content (AvgIpc) is 2.57. The second-order valence-electron chi connectivity index (χ2n) is 3.43. The molecule has 4 heteroatoms. The Balaban J connectivity index is 2.16. The zero-order valence-electron chi connectivity index (χ0n) is 8.74. The van der Waals surface area contributed by atoms with E-state index in [1.165, 1.54) is 0 Å². The lowest BCUT2D eigenvalue weighted by atomic mass is 10.1. The van der Waals surface area contributed by atoms with Gasteiger partial charge in [-0.15, -0.1) is 0 Å². The van der Waals surface area contributed by atoms with Gasteiger partial charge in [-0.25, -0.2) is 0 Å². The van der Waals surface area contributed by atoms with Crippen molar-refractivity contribution in [1.82, 2.24) is 5.32 Å². The van der Waals surface area contributed by atoms with Crippen LogP contribution < -0.4 is 14.8 Å².